The van der Waals surface area contributed by atoms with E-state index < -0.39 is 53.7 Å². The molecule has 1 unspecified atom stereocenters. The number of halogens is 3. The van der Waals surface area contributed by atoms with E-state index in [0.29, 0.717) is 12.8 Å². The SMILES string of the molecule is CC(C)(C)[C@H](NC(=O)C(F)(F)F)C(=O)N1C[C@@H]2CCC[C@@H]2[C@H]1C(=O)N[C@H](C#N)C[C@@H]1CC2(CC2)NC1O. The number of nitrogens with zero attached hydrogens (tertiary/aromatic N) is 2. The summed E-state index contributed by atoms with van der Waals surface area (Å²) in [6.07, 6.45) is -0.670. The van der Waals surface area contributed by atoms with Crippen molar-refractivity contribution in [2.24, 2.45) is 23.2 Å². The number of carbonyl (C=O) groups excluding carboxylic acids is 3. The molecule has 2 aliphatic heterocycles. The highest BCUT2D eigenvalue weighted by atomic mass is 19.4. The Morgan fingerprint density at radius 1 is 1.19 bits per heavy atom. The van der Waals surface area contributed by atoms with Gasteiger partial charge >= 0.3 is 12.1 Å². The Morgan fingerprint density at radius 3 is 2.41 bits per heavy atom. The number of alkyl halides is 3. The number of likely N-dealkylation sites (tertiary alicyclic amines) is 1. The summed E-state index contributed by atoms with van der Waals surface area (Å²) in [5, 5.41) is 27.9. The smallest absolute Gasteiger partial charge is 0.378 e. The number of nitrogens with one attached hydrogen (secondary N) is 3. The molecule has 7 atom stereocenters. The minimum atomic E-state index is -5.15. The van der Waals surface area contributed by atoms with Crippen LogP contribution in [0.15, 0.2) is 0 Å². The quantitative estimate of drug-likeness (QED) is 0.414. The third-order valence-corrected chi connectivity index (χ3v) is 8.51. The molecule has 0 aromatic rings. The third kappa shape index (κ3) is 5.72. The highest BCUT2D eigenvalue weighted by Gasteiger charge is 2.54. The fourth-order valence-corrected chi connectivity index (χ4v) is 6.41. The number of amides is 3. The lowest BCUT2D eigenvalue weighted by Crippen LogP contribution is -2.60. The molecule has 0 aromatic heterocycles. The van der Waals surface area contributed by atoms with E-state index in [9.17, 15) is 37.9 Å². The molecule has 0 bridgehead atoms. The largest absolute Gasteiger partial charge is 0.471 e. The second-order valence-electron chi connectivity index (χ2n) is 12.3. The number of hydrogen-bond acceptors (Lipinski definition) is 6. The Balaban J connectivity index is 1.50. The fourth-order valence-electron chi connectivity index (χ4n) is 6.41. The summed E-state index contributed by atoms with van der Waals surface area (Å²) in [4.78, 5) is 40.2. The van der Waals surface area contributed by atoms with Crippen molar-refractivity contribution in [2.45, 2.75) is 102 Å². The zero-order chi connectivity index (χ0) is 27.3. The first-order valence-corrected chi connectivity index (χ1v) is 13.0. The number of nitriles is 1. The molecule has 0 radical (unpaired) electrons. The van der Waals surface area contributed by atoms with E-state index in [4.69, 9.17) is 0 Å². The number of hydrogen-bond donors (Lipinski definition) is 4. The molecule has 4 fully saturated rings. The van der Waals surface area contributed by atoms with Gasteiger partial charge in [0.1, 0.15) is 24.4 Å². The van der Waals surface area contributed by atoms with Crippen LogP contribution in [0.3, 0.4) is 0 Å². The van der Waals surface area contributed by atoms with Crippen molar-refractivity contribution in [3.63, 3.8) is 0 Å². The second kappa shape index (κ2) is 9.73. The van der Waals surface area contributed by atoms with E-state index in [-0.39, 0.29) is 36.3 Å². The number of aliphatic hydroxyl groups excluding tert-OH is 1. The van der Waals surface area contributed by atoms with Crippen LogP contribution in [0.25, 0.3) is 0 Å². The zero-order valence-electron chi connectivity index (χ0n) is 21.4. The van der Waals surface area contributed by atoms with Crippen LogP contribution in [0.5, 0.6) is 0 Å². The standard InChI is InChI=1S/C25H36F3N5O4/c1-23(2,3)18(31-22(37)25(26,27)28)21(36)33-12-13-5-4-6-16(13)17(33)20(35)30-15(11-29)9-14-10-24(7-8-24)32-19(14)34/h13-19,32,34H,4-10,12H2,1-3H3,(H,30,35)(H,31,37)/t13-,14+,15-,16-,17-,18+,19?/m0/s1. The van der Waals surface area contributed by atoms with E-state index in [2.05, 4.69) is 16.7 Å². The van der Waals surface area contributed by atoms with Gasteiger partial charge in [-0.2, -0.15) is 18.4 Å². The first-order valence-electron chi connectivity index (χ1n) is 13.0. The molecule has 9 nitrogen and oxygen atoms in total. The van der Waals surface area contributed by atoms with Gasteiger partial charge in [0.15, 0.2) is 0 Å². The Morgan fingerprint density at radius 2 is 1.86 bits per heavy atom. The van der Waals surface area contributed by atoms with Crippen LogP contribution in [-0.2, 0) is 14.4 Å². The maximum Gasteiger partial charge on any atom is 0.471 e. The molecule has 4 N–H and O–H groups in total. The average molecular weight is 528 g/mol. The summed E-state index contributed by atoms with van der Waals surface area (Å²) in [5.74, 6) is -3.81. The Bertz CT molecular complexity index is 971. The molecule has 1 spiro atoms. The summed E-state index contributed by atoms with van der Waals surface area (Å²) in [7, 11) is 0. The minimum absolute atomic E-state index is 0.0229. The van der Waals surface area contributed by atoms with Gasteiger partial charge in [0.25, 0.3) is 0 Å². The van der Waals surface area contributed by atoms with Crippen molar-refractivity contribution >= 4 is 17.7 Å². The van der Waals surface area contributed by atoms with Crippen LogP contribution in [0.2, 0.25) is 0 Å². The maximum absolute atomic E-state index is 13.6. The van der Waals surface area contributed by atoms with E-state index >= 15 is 0 Å². The van der Waals surface area contributed by atoms with Gasteiger partial charge in [-0.25, -0.2) is 0 Å². The molecule has 12 heteroatoms. The van der Waals surface area contributed by atoms with Crippen LogP contribution in [0.4, 0.5) is 13.2 Å². The predicted octanol–water partition coefficient (Wildman–Crippen LogP) is 1.57. The number of fused-ring (bicyclic) bond motifs is 1. The van der Waals surface area contributed by atoms with Crippen molar-refractivity contribution in [2.75, 3.05) is 6.54 Å². The summed E-state index contributed by atoms with van der Waals surface area (Å²) in [6, 6.07) is -1.23. The van der Waals surface area contributed by atoms with Crippen molar-refractivity contribution in [3.8, 4) is 6.07 Å². The van der Waals surface area contributed by atoms with Gasteiger partial charge in [-0.3, -0.25) is 19.7 Å². The zero-order valence-corrected chi connectivity index (χ0v) is 21.4. The molecule has 2 aliphatic carbocycles. The molecule has 4 rings (SSSR count). The van der Waals surface area contributed by atoms with Crippen LogP contribution in [0, 0.1) is 34.5 Å². The van der Waals surface area contributed by atoms with Crippen LogP contribution < -0.4 is 16.0 Å². The molecule has 37 heavy (non-hydrogen) atoms. The maximum atomic E-state index is 13.6. The second-order valence-corrected chi connectivity index (χ2v) is 12.3. The lowest BCUT2D eigenvalue weighted by molar-refractivity contribution is -0.176. The summed E-state index contributed by atoms with van der Waals surface area (Å²) in [6.45, 7) is 4.87. The van der Waals surface area contributed by atoms with Gasteiger partial charge in [0, 0.05) is 18.0 Å². The molecule has 2 saturated carbocycles. The average Bonchev–Trinajstić information content (AvgIpc) is 3.10. The van der Waals surface area contributed by atoms with E-state index in [1.54, 1.807) is 20.8 Å². The molecule has 2 saturated heterocycles. The van der Waals surface area contributed by atoms with Crippen molar-refractivity contribution in [3.05, 3.63) is 0 Å². The Labute approximate surface area is 214 Å². The van der Waals surface area contributed by atoms with Gasteiger partial charge in [-0.1, -0.05) is 27.2 Å². The van der Waals surface area contributed by atoms with Crippen molar-refractivity contribution in [1.29, 1.82) is 5.26 Å². The molecule has 2 heterocycles. The molecular formula is C25H36F3N5O4. The van der Waals surface area contributed by atoms with Crippen LogP contribution in [0.1, 0.15) is 65.7 Å². The van der Waals surface area contributed by atoms with Crippen LogP contribution in [-0.4, -0.2) is 70.3 Å². The third-order valence-electron chi connectivity index (χ3n) is 8.51. The first kappa shape index (κ1) is 27.6. The van der Waals surface area contributed by atoms with Crippen molar-refractivity contribution < 1.29 is 32.7 Å². The van der Waals surface area contributed by atoms with Gasteiger partial charge in [-0.05, 0) is 55.8 Å². The minimum Gasteiger partial charge on any atom is -0.378 e. The van der Waals surface area contributed by atoms with Gasteiger partial charge in [0.05, 0.1) is 6.07 Å². The van der Waals surface area contributed by atoms with Gasteiger partial charge in [0.2, 0.25) is 11.8 Å². The van der Waals surface area contributed by atoms with Gasteiger partial charge < -0.3 is 20.6 Å². The summed E-state index contributed by atoms with van der Waals surface area (Å²) < 4.78 is 39.0. The highest BCUT2D eigenvalue weighted by molar-refractivity contribution is 5.94. The fraction of sp³-hybridized carbons (Fsp3) is 0.840. The molecule has 3 amide bonds. The van der Waals surface area contributed by atoms with E-state index in [1.807, 2.05) is 5.32 Å². The van der Waals surface area contributed by atoms with Crippen molar-refractivity contribution in [1.82, 2.24) is 20.9 Å². The lowest BCUT2D eigenvalue weighted by atomic mass is 9.85. The summed E-state index contributed by atoms with van der Waals surface area (Å²) >= 11 is 0. The Hall–Kier alpha value is -2.39. The number of rotatable bonds is 6. The van der Waals surface area contributed by atoms with E-state index in [1.165, 1.54) is 4.90 Å². The summed E-state index contributed by atoms with van der Waals surface area (Å²) in [5.41, 5.74) is -1.11. The van der Waals surface area contributed by atoms with Gasteiger partial charge in [-0.15, -0.1) is 0 Å². The predicted molar refractivity (Wildman–Crippen MR) is 125 cm³/mol. The van der Waals surface area contributed by atoms with Crippen LogP contribution >= 0.6 is 0 Å². The molecule has 4 aliphatic rings. The normalized spacial score (nSPS) is 31.9. The first-order chi connectivity index (χ1) is 17.1. The lowest BCUT2D eigenvalue weighted by Gasteiger charge is -2.36. The highest BCUT2D eigenvalue weighted by Crippen LogP contribution is 2.47. The Kier molecular flexibility index (Phi) is 7.27. The molecule has 206 valence electrons. The van der Waals surface area contributed by atoms with E-state index in [0.717, 1.165) is 25.7 Å². The molecular weight excluding hydrogens is 491 g/mol. The molecule has 0 aromatic carbocycles. The monoisotopic (exact) mass is 527 g/mol. The topological polar surface area (TPSA) is 135 Å². The number of aliphatic hydroxyl groups is 1. The number of carbonyl (C=O) groups is 3.